The fourth-order valence-electron chi connectivity index (χ4n) is 3.56. The Labute approximate surface area is 126 Å². The van der Waals surface area contributed by atoms with Gasteiger partial charge in [-0.1, -0.05) is 0 Å². The summed E-state index contributed by atoms with van der Waals surface area (Å²) in [5.41, 5.74) is -0.0829. The SMILES string of the molecule is O=C(N[C@@H]1CN2CCC1CC2)c1cc2cc(F)cc(F)c2o1. The van der Waals surface area contributed by atoms with Gasteiger partial charge in [-0.05, 0) is 44.0 Å². The van der Waals surface area contributed by atoms with E-state index in [0.29, 0.717) is 5.92 Å². The summed E-state index contributed by atoms with van der Waals surface area (Å²) in [6.07, 6.45) is 2.18. The van der Waals surface area contributed by atoms with E-state index in [1.165, 1.54) is 6.07 Å². The normalized spacial score (nSPS) is 27.3. The molecule has 3 fully saturated rings. The third kappa shape index (κ3) is 2.27. The standard InChI is InChI=1S/C16H16F2N2O2/c17-11-5-10-6-14(22-15(10)12(18)7-11)16(21)19-13-8-20-3-1-9(13)2-4-20/h5-7,9,13H,1-4,8H2,(H,19,21)/t13-/m1/s1. The van der Waals surface area contributed by atoms with Crippen LogP contribution in [0.25, 0.3) is 11.0 Å². The number of fused-ring (bicyclic) bond motifs is 4. The van der Waals surface area contributed by atoms with Crippen LogP contribution in [0.2, 0.25) is 0 Å². The summed E-state index contributed by atoms with van der Waals surface area (Å²) >= 11 is 0. The molecule has 4 heterocycles. The highest BCUT2D eigenvalue weighted by molar-refractivity contribution is 5.96. The van der Waals surface area contributed by atoms with Gasteiger partial charge >= 0.3 is 0 Å². The molecule has 1 aromatic heterocycles. The molecule has 0 aliphatic carbocycles. The maximum absolute atomic E-state index is 13.6. The molecule has 4 nitrogen and oxygen atoms in total. The maximum atomic E-state index is 13.6. The first-order chi connectivity index (χ1) is 10.6. The van der Waals surface area contributed by atoms with Crippen molar-refractivity contribution in [3.63, 3.8) is 0 Å². The number of piperidine rings is 3. The number of furan rings is 1. The first kappa shape index (κ1) is 13.7. The van der Waals surface area contributed by atoms with E-state index in [2.05, 4.69) is 10.2 Å². The summed E-state index contributed by atoms with van der Waals surface area (Å²) in [5, 5.41) is 3.23. The van der Waals surface area contributed by atoms with Gasteiger partial charge in [0.25, 0.3) is 5.91 Å². The second-order valence-electron chi connectivity index (χ2n) is 6.13. The molecule has 116 valence electrons. The average molecular weight is 306 g/mol. The third-order valence-corrected chi connectivity index (χ3v) is 4.73. The number of rotatable bonds is 2. The van der Waals surface area contributed by atoms with E-state index in [1.807, 2.05) is 0 Å². The number of carbonyl (C=O) groups excluding carboxylic acids is 1. The Morgan fingerprint density at radius 3 is 2.68 bits per heavy atom. The van der Waals surface area contributed by atoms with Crippen molar-refractivity contribution in [2.45, 2.75) is 18.9 Å². The summed E-state index contributed by atoms with van der Waals surface area (Å²) in [5.74, 6) is -1.33. The Morgan fingerprint density at radius 1 is 1.23 bits per heavy atom. The van der Waals surface area contributed by atoms with Crippen molar-refractivity contribution in [3.8, 4) is 0 Å². The molecular formula is C16H16F2N2O2. The molecule has 3 aliphatic heterocycles. The molecule has 22 heavy (non-hydrogen) atoms. The van der Waals surface area contributed by atoms with Crippen LogP contribution < -0.4 is 5.32 Å². The van der Waals surface area contributed by atoms with Gasteiger partial charge in [0.1, 0.15) is 5.82 Å². The van der Waals surface area contributed by atoms with Gasteiger partial charge in [0.2, 0.25) is 0 Å². The monoisotopic (exact) mass is 306 g/mol. The van der Waals surface area contributed by atoms with E-state index < -0.39 is 11.6 Å². The molecule has 0 radical (unpaired) electrons. The first-order valence-electron chi connectivity index (χ1n) is 7.52. The average Bonchev–Trinajstić information content (AvgIpc) is 2.93. The van der Waals surface area contributed by atoms with E-state index in [-0.39, 0.29) is 28.7 Å². The Balaban J connectivity index is 1.56. The van der Waals surface area contributed by atoms with Gasteiger partial charge in [-0.25, -0.2) is 8.78 Å². The first-order valence-corrected chi connectivity index (χ1v) is 7.52. The van der Waals surface area contributed by atoms with Gasteiger partial charge < -0.3 is 14.6 Å². The zero-order valence-electron chi connectivity index (χ0n) is 11.9. The summed E-state index contributed by atoms with van der Waals surface area (Å²) in [6.45, 7) is 3.03. The summed E-state index contributed by atoms with van der Waals surface area (Å²) in [4.78, 5) is 14.6. The lowest BCUT2D eigenvalue weighted by Gasteiger charge is -2.44. The van der Waals surface area contributed by atoms with E-state index in [4.69, 9.17) is 4.42 Å². The van der Waals surface area contributed by atoms with E-state index in [9.17, 15) is 13.6 Å². The van der Waals surface area contributed by atoms with Gasteiger partial charge in [0.05, 0.1) is 0 Å². The van der Waals surface area contributed by atoms with E-state index in [0.717, 1.165) is 44.6 Å². The van der Waals surface area contributed by atoms with E-state index >= 15 is 0 Å². The molecule has 1 N–H and O–H groups in total. The molecule has 5 rings (SSSR count). The Bertz CT molecular complexity index is 735. The molecule has 2 bridgehead atoms. The van der Waals surface area contributed by atoms with E-state index in [1.54, 1.807) is 0 Å². The molecule has 3 aliphatic rings. The van der Waals surface area contributed by atoms with Gasteiger partial charge in [-0.2, -0.15) is 0 Å². The number of hydrogen-bond donors (Lipinski definition) is 1. The van der Waals surface area contributed by atoms with Crippen LogP contribution >= 0.6 is 0 Å². The van der Waals surface area contributed by atoms with Crippen molar-refractivity contribution >= 4 is 16.9 Å². The van der Waals surface area contributed by atoms with Crippen molar-refractivity contribution in [1.82, 2.24) is 10.2 Å². The van der Waals surface area contributed by atoms with Gasteiger partial charge in [-0.3, -0.25) is 4.79 Å². The van der Waals surface area contributed by atoms with Crippen molar-refractivity contribution in [2.24, 2.45) is 5.92 Å². The molecule has 0 saturated carbocycles. The number of amides is 1. The summed E-state index contributed by atoms with van der Waals surface area (Å²) in [6, 6.07) is 3.40. The predicted octanol–water partition coefficient (Wildman–Crippen LogP) is 2.54. The predicted molar refractivity (Wildman–Crippen MR) is 76.5 cm³/mol. The zero-order valence-corrected chi connectivity index (χ0v) is 11.9. The number of nitrogens with zero attached hydrogens (tertiary/aromatic N) is 1. The van der Waals surface area contributed by atoms with Gasteiger partial charge in [0, 0.05) is 24.0 Å². The highest BCUT2D eigenvalue weighted by Gasteiger charge is 2.35. The van der Waals surface area contributed by atoms with Crippen LogP contribution in [0.4, 0.5) is 8.78 Å². The lowest BCUT2D eigenvalue weighted by Crippen LogP contribution is -2.57. The second-order valence-corrected chi connectivity index (χ2v) is 6.13. The van der Waals surface area contributed by atoms with Gasteiger partial charge in [-0.15, -0.1) is 0 Å². The largest absolute Gasteiger partial charge is 0.448 e. The molecule has 3 saturated heterocycles. The number of halogens is 2. The topological polar surface area (TPSA) is 45.5 Å². The number of nitrogens with one attached hydrogen (secondary N) is 1. The lowest BCUT2D eigenvalue weighted by molar-refractivity contribution is 0.0607. The fourth-order valence-corrected chi connectivity index (χ4v) is 3.56. The minimum atomic E-state index is -0.795. The summed E-state index contributed by atoms with van der Waals surface area (Å²) in [7, 11) is 0. The Morgan fingerprint density at radius 2 is 2.00 bits per heavy atom. The zero-order chi connectivity index (χ0) is 15.3. The molecule has 0 spiro atoms. The maximum Gasteiger partial charge on any atom is 0.287 e. The fraction of sp³-hybridized carbons (Fsp3) is 0.438. The number of hydrogen-bond acceptors (Lipinski definition) is 3. The highest BCUT2D eigenvalue weighted by atomic mass is 19.1. The minimum Gasteiger partial charge on any atom is -0.448 e. The number of carbonyl (C=O) groups is 1. The van der Waals surface area contributed by atoms with Gasteiger partial charge in [0.15, 0.2) is 17.2 Å². The van der Waals surface area contributed by atoms with Crippen molar-refractivity contribution in [1.29, 1.82) is 0 Å². The third-order valence-electron chi connectivity index (χ3n) is 4.73. The van der Waals surface area contributed by atoms with Crippen LogP contribution in [-0.4, -0.2) is 36.5 Å². The second kappa shape index (κ2) is 5.05. The molecule has 1 atom stereocenters. The number of benzene rings is 1. The van der Waals surface area contributed by atoms with Crippen LogP contribution in [0.15, 0.2) is 22.6 Å². The van der Waals surface area contributed by atoms with Crippen LogP contribution in [-0.2, 0) is 0 Å². The van der Waals surface area contributed by atoms with Crippen molar-refractivity contribution < 1.29 is 18.0 Å². The smallest absolute Gasteiger partial charge is 0.287 e. The molecule has 1 amide bonds. The molecule has 1 aromatic carbocycles. The lowest BCUT2D eigenvalue weighted by atomic mass is 9.84. The van der Waals surface area contributed by atoms with Crippen LogP contribution in [0.3, 0.4) is 0 Å². The van der Waals surface area contributed by atoms with Crippen molar-refractivity contribution in [3.05, 3.63) is 35.6 Å². The van der Waals surface area contributed by atoms with Crippen LogP contribution in [0.1, 0.15) is 23.4 Å². The molecule has 2 aromatic rings. The van der Waals surface area contributed by atoms with Crippen LogP contribution in [0, 0.1) is 17.6 Å². The molecular weight excluding hydrogens is 290 g/mol. The Kier molecular flexibility index (Phi) is 3.14. The Hall–Kier alpha value is -1.95. The molecule has 0 unspecified atom stereocenters. The minimum absolute atomic E-state index is 0.0240. The quantitative estimate of drug-likeness (QED) is 0.927. The van der Waals surface area contributed by atoms with Crippen LogP contribution in [0.5, 0.6) is 0 Å². The highest BCUT2D eigenvalue weighted by Crippen LogP contribution is 2.28. The van der Waals surface area contributed by atoms with Crippen molar-refractivity contribution in [2.75, 3.05) is 19.6 Å². The molecule has 6 heteroatoms. The summed E-state index contributed by atoms with van der Waals surface area (Å²) < 4.78 is 32.1.